The molecule has 4 rings (SSSR count). The molecular formula is C25H27F5N6O3. The van der Waals surface area contributed by atoms with Crippen LogP contribution in [-0.2, 0) is 4.79 Å². The number of alkyl halides is 3. The van der Waals surface area contributed by atoms with Gasteiger partial charge in [0.1, 0.15) is 17.2 Å². The average molecular weight is 555 g/mol. The smallest absolute Gasteiger partial charge is 0.401 e. The Morgan fingerprint density at radius 1 is 1.08 bits per heavy atom. The Kier molecular flexibility index (Phi) is 8.23. The molecular weight excluding hydrogens is 527 g/mol. The summed E-state index contributed by atoms with van der Waals surface area (Å²) in [6, 6.07) is 5.47. The first kappa shape index (κ1) is 28.1. The maximum Gasteiger partial charge on any atom is 0.401 e. The van der Waals surface area contributed by atoms with Gasteiger partial charge in [-0.15, -0.1) is 0 Å². The quantitative estimate of drug-likeness (QED) is 0.408. The predicted octanol–water partition coefficient (Wildman–Crippen LogP) is 3.44. The van der Waals surface area contributed by atoms with Gasteiger partial charge in [0.2, 0.25) is 11.9 Å². The summed E-state index contributed by atoms with van der Waals surface area (Å²) in [5.74, 6) is -1.46. The average Bonchev–Trinajstić information content (AvgIpc) is 2.91. The van der Waals surface area contributed by atoms with Crippen LogP contribution in [0.4, 0.5) is 33.7 Å². The zero-order valence-corrected chi connectivity index (χ0v) is 21.2. The third-order valence-electron chi connectivity index (χ3n) is 6.41. The van der Waals surface area contributed by atoms with Crippen LogP contribution in [0.1, 0.15) is 18.0 Å². The van der Waals surface area contributed by atoms with E-state index < -0.39 is 30.4 Å². The van der Waals surface area contributed by atoms with Gasteiger partial charge in [0, 0.05) is 44.0 Å². The number of hydrogen-bond acceptors (Lipinski definition) is 8. The van der Waals surface area contributed by atoms with Gasteiger partial charge in [-0.05, 0) is 23.8 Å². The number of nitrogens with one attached hydrogen (secondary N) is 1. The van der Waals surface area contributed by atoms with Gasteiger partial charge in [-0.3, -0.25) is 4.79 Å². The fourth-order valence-corrected chi connectivity index (χ4v) is 4.38. The molecule has 2 heterocycles. The molecule has 1 saturated heterocycles. The number of aromatic nitrogens is 2. The molecule has 0 spiro atoms. The number of benzene rings is 2. The SMILES string of the molecule is COc1cc2c(N)nc(N3CCN(C(=O)CC(NCC(F)(F)F)c4ccc(F)cc4)CC3)nc2c(F)c1OC. The Morgan fingerprint density at radius 3 is 2.33 bits per heavy atom. The monoisotopic (exact) mass is 554 g/mol. The van der Waals surface area contributed by atoms with Crippen molar-refractivity contribution in [2.24, 2.45) is 0 Å². The Morgan fingerprint density at radius 2 is 1.74 bits per heavy atom. The van der Waals surface area contributed by atoms with E-state index in [0.717, 1.165) is 12.1 Å². The van der Waals surface area contributed by atoms with Crippen molar-refractivity contribution in [1.82, 2.24) is 20.2 Å². The highest BCUT2D eigenvalue weighted by atomic mass is 19.4. The number of nitrogens with zero attached hydrogens (tertiary/aromatic N) is 4. The number of methoxy groups -OCH3 is 2. The third kappa shape index (κ3) is 6.38. The van der Waals surface area contributed by atoms with Crippen molar-refractivity contribution in [3.63, 3.8) is 0 Å². The van der Waals surface area contributed by atoms with Crippen LogP contribution in [-0.4, -0.2) is 73.9 Å². The number of ether oxygens (including phenoxy) is 2. The number of hydrogen-bond donors (Lipinski definition) is 2. The molecule has 1 amide bonds. The molecule has 1 fully saturated rings. The second kappa shape index (κ2) is 11.4. The molecule has 1 unspecified atom stereocenters. The lowest BCUT2D eigenvalue weighted by Gasteiger charge is -2.35. The number of nitrogens with two attached hydrogens (primary N) is 1. The van der Waals surface area contributed by atoms with Crippen LogP contribution in [0, 0.1) is 11.6 Å². The summed E-state index contributed by atoms with van der Waals surface area (Å²) in [6.07, 6.45) is -4.74. The summed E-state index contributed by atoms with van der Waals surface area (Å²) < 4.78 is 77.2. The van der Waals surface area contributed by atoms with Gasteiger partial charge >= 0.3 is 6.18 Å². The van der Waals surface area contributed by atoms with Gasteiger partial charge in [0.25, 0.3) is 0 Å². The third-order valence-corrected chi connectivity index (χ3v) is 6.41. The van der Waals surface area contributed by atoms with Crippen molar-refractivity contribution >= 4 is 28.6 Å². The molecule has 1 aliphatic rings. The van der Waals surface area contributed by atoms with Gasteiger partial charge < -0.3 is 30.3 Å². The lowest BCUT2D eigenvalue weighted by molar-refractivity contribution is -0.135. The fourth-order valence-electron chi connectivity index (χ4n) is 4.38. The molecule has 210 valence electrons. The van der Waals surface area contributed by atoms with E-state index >= 15 is 4.39 Å². The van der Waals surface area contributed by atoms with Crippen molar-refractivity contribution in [3.8, 4) is 11.5 Å². The maximum atomic E-state index is 15.1. The Hall–Kier alpha value is -3.94. The van der Waals surface area contributed by atoms with E-state index in [2.05, 4.69) is 15.3 Å². The van der Waals surface area contributed by atoms with Crippen LogP contribution in [0.2, 0.25) is 0 Å². The first-order chi connectivity index (χ1) is 18.5. The van der Waals surface area contributed by atoms with Gasteiger partial charge in [-0.25, -0.2) is 13.8 Å². The molecule has 0 bridgehead atoms. The van der Waals surface area contributed by atoms with Crippen molar-refractivity contribution < 1.29 is 36.2 Å². The minimum Gasteiger partial charge on any atom is -0.493 e. The summed E-state index contributed by atoms with van der Waals surface area (Å²) in [7, 11) is 2.66. The Bertz CT molecular complexity index is 1330. The topological polar surface area (TPSA) is 106 Å². The van der Waals surface area contributed by atoms with Crippen LogP contribution in [0.25, 0.3) is 10.9 Å². The molecule has 0 aliphatic carbocycles. The second-order valence-electron chi connectivity index (χ2n) is 8.90. The molecule has 1 aromatic heterocycles. The number of halogens is 5. The van der Waals surface area contributed by atoms with Crippen molar-refractivity contribution in [2.75, 3.05) is 57.6 Å². The fraction of sp³-hybridized carbons (Fsp3) is 0.400. The molecule has 39 heavy (non-hydrogen) atoms. The lowest BCUT2D eigenvalue weighted by atomic mass is 10.0. The lowest BCUT2D eigenvalue weighted by Crippen LogP contribution is -2.50. The predicted molar refractivity (Wildman–Crippen MR) is 134 cm³/mol. The van der Waals surface area contributed by atoms with E-state index in [1.807, 2.05) is 0 Å². The minimum atomic E-state index is -4.48. The summed E-state index contributed by atoms with van der Waals surface area (Å²) in [5.41, 5.74) is 6.40. The summed E-state index contributed by atoms with van der Waals surface area (Å²) in [6.45, 7) is -0.288. The molecule has 1 aliphatic heterocycles. The number of rotatable bonds is 8. The summed E-state index contributed by atoms with van der Waals surface area (Å²) in [4.78, 5) is 24.9. The van der Waals surface area contributed by atoms with Crippen LogP contribution in [0.5, 0.6) is 11.5 Å². The second-order valence-corrected chi connectivity index (χ2v) is 8.90. The van der Waals surface area contributed by atoms with Crippen molar-refractivity contribution in [2.45, 2.75) is 18.6 Å². The van der Waals surface area contributed by atoms with Crippen molar-refractivity contribution in [1.29, 1.82) is 0 Å². The van der Waals surface area contributed by atoms with E-state index in [4.69, 9.17) is 15.2 Å². The summed E-state index contributed by atoms with van der Waals surface area (Å²) in [5, 5.41) is 2.60. The zero-order chi connectivity index (χ0) is 28.3. The molecule has 3 aromatic rings. The molecule has 1 atom stereocenters. The first-order valence-corrected chi connectivity index (χ1v) is 12.0. The highest BCUT2D eigenvalue weighted by molar-refractivity contribution is 5.92. The first-order valence-electron chi connectivity index (χ1n) is 12.0. The van der Waals surface area contributed by atoms with E-state index in [1.165, 1.54) is 37.3 Å². The Labute approximate surface area is 220 Å². The van der Waals surface area contributed by atoms with E-state index in [-0.39, 0.29) is 72.7 Å². The number of fused-ring (bicyclic) bond motifs is 1. The molecule has 2 aromatic carbocycles. The molecule has 3 N–H and O–H groups in total. The number of carbonyl (C=O) groups is 1. The maximum absolute atomic E-state index is 15.1. The molecule has 14 heteroatoms. The number of anilines is 2. The van der Waals surface area contributed by atoms with Gasteiger partial charge in [0.15, 0.2) is 17.3 Å². The highest BCUT2D eigenvalue weighted by Crippen LogP contribution is 2.37. The van der Waals surface area contributed by atoms with E-state index in [0.29, 0.717) is 5.56 Å². The van der Waals surface area contributed by atoms with Crippen LogP contribution < -0.4 is 25.4 Å². The zero-order valence-electron chi connectivity index (χ0n) is 21.2. The van der Waals surface area contributed by atoms with Gasteiger partial charge in [-0.2, -0.15) is 18.2 Å². The molecule has 0 saturated carbocycles. The highest BCUT2D eigenvalue weighted by Gasteiger charge is 2.31. The number of piperazine rings is 1. The van der Waals surface area contributed by atoms with Gasteiger partial charge in [-0.1, -0.05) is 12.1 Å². The van der Waals surface area contributed by atoms with Crippen LogP contribution in [0.3, 0.4) is 0 Å². The van der Waals surface area contributed by atoms with Crippen LogP contribution >= 0.6 is 0 Å². The van der Waals surface area contributed by atoms with Crippen LogP contribution in [0.15, 0.2) is 30.3 Å². The standard InChI is InChI=1S/C25H27F5N6O3/c1-38-18-11-16-21(20(27)22(18)39-2)33-24(34-23(16)31)36-9-7-35(8-10-36)19(37)12-17(32-13-25(28,29)30)14-3-5-15(26)6-4-14/h3-6,11,17,32H,7-10,12-13H2,1-2H3,(H2,31,33,34). The molecule has 9 nitrogen and oxygen atoms in total. The largest absolute Gasteiger partial charge is 0.493 e. The van der Waals surface area contributed by atoms with E-state index in [1.54, 1.807) is 4.90 Å². The number of amides is 1. The number of carbonyl (C=O) groups excluding carboxylic acids is 1. The number of nitrogen functional groups attached to an aromatic ring is 1. The van der Waals surface area contributed by atoms with Crippen molar-refractivity contribution in [3.05, 3.63) is 47.5 Å². The Balaban J connectivity index is 1.47. The molecule has 0 radical (unpaired) electrons. The summed E-state index contributed by atoms with van der Waals surface area (Å²) >= 11 is 0. The normalized spacial score (nSPS) is 14.9. The van der Waals surface area contributed by atoms with Gasteiger partial charge in [0.05, 0.1) is 20.8 Å². The minimum absolute atomic E-state index is 0.0336. The van der Waals surface area contributed by atoms with E-state index in [9.17, 15) is 22.4 Å².